The standard InChI is InChI=1S/C21H24N2O4/c1-15-16(8-7-10-18(15)23(25)26)20(24)22-14-21(12-5-6-13-21)17-9-3-4-11-19(17)27-2/h3-4,7-11H,5-6,12-14H2,1-2H3,(H,22,24). The molecule has 0 saturated heterocycles. The van der Waals surface area contributed by atoms with E-state index in [2.05, 4.69) is 11.4 Å². The zero-order chi connectivity index (χ0) is 19.4. The number of benzene rings is 2. The van der Waals surface area contributed by atoms with Crippen LogP contribution in [0.3, 0.4) is 0 Å². The number of nitro groups is 1. The van der Waals surface area contributed by atoms with Gasteiger partial charge in [-0.25, -0.2) is 0 Å². The number of hydrogen-bond acceptors (Lipinski definition) is 4. The van der Waals surface area contributed by atoms with Gasteiger partial charge in [-0.3, -0.25) is 14.9 Å². The molecular formula is C21H24N2O4. The molecule has 1 N–H and O–H groups in total. The summed E-state index contributed by atoms with van der Waals surface area (Å²) in [5.74, 6) is 0.553. The van der Waals surface area contributed by atoms with Crippen molar-refractivity contribution in [3.63, 3.8) is 0 Å². The van der Waals surface area contributed by atoms with Crippen LogP contribution in [0.25, 0.3) is 0 Å². The van der Waals surface area contributed by atoms with Crippen molar-refractivity contribution in [3.8, 4) is 5.75 Å². The first-order valence-corrected chi connectivity index (χ1v) is 9.14. The van der Waals surface area contributed by atoms with Crippen molar-refractivity contribution < 1.29 is 14.5 Å². The van der Waals surface area contributed by atoms with Crippen molar-refractivity contribution in [1.29, 1.82) is 0 Å². The predicted molar refractivity (Wildman–Crippen MR) is 103 cm³/mol. The van der Waals surface area contributed by atoms with Crippen LogP contribution in [0.15, 0.2) is 42.5 Å². The van der Waals surface area contributed by atoms with Crippen molar-refractivity contribution in [3.05, 3.63) is 69.3 Å². The van der Waals surface area contributed by atoms with Crippen LogP contribution in [-0.4, -0.2) is 24.5 Å². The fourth-order valence-corrected chi connectivity index (χ4v) is 4.09. The fourth-order valence-electron chi connectivity index (χ4n) is 4.09. The molecule has 0 aliphatic heterocycles. The first-order valence-electron chi connectivity index (χ1n) is 9.14. The van der Waals surface area contributed by atoms with Gasteiger partial charge < -0.3 is 10.1 Å². The summed E-state index contributed by atoms with van der Waals surface area (Å²) in [4.78, 5) is 23.4. The van der Waals surface area contributed by atoms with Crippen molar-refractivity contribution in [2.75, 3.05) is 13.7 Å². The summed E-state index contributed by atoms with van der Waals surface area (Å²) < 4.78 is 5.55. The molecule has 2 aromatic rings. The Morgan fingerprint density at radius 2 is 1.89 bits per heavy atom. The van der Waals surface area contributed by atoms with Gasteiger partial charge in [0.2, 0.25) is 0 Å². The highest BCUT2D eigenvalue weighted by Crippen LogP contribution is 2.44. The zero-order valence-electron chi connectivity index (χ0n) is 15.7. The third kappa shape index (κ3) is 3.65. The van der Waals surface area contributed by atoms with E-state index in [9.17, 15) is 14.9 Å². The van der Waals surface area contributed by atoms with Crippen molar-refractivity contribution in [2.24, 2.45) is 0 Å². The number of carbonyl (C=O) groups excluding carboxylic acids is 1. The number of methoxy groups -OCH3 is 1. The SMILES string of the molecule is COc1ccccc1C1(CNC(=O)c2cccc([N+](=O)[O-])c2C)CCCC1. The molecule has 6 nitrogen and oxygen atoms in total. The Bertz CT molecular complexity index is 857. The van der Waals surface area contributed by atoms with Gasteiger partial charge >= 0.3 is 0 Å². The third-order valence-electron chi connectivity index (χ3n) is 5.57. The molecular weight excluding hydrogens is 344 g/mol. The number of ether oxygens (including phenoxy) is 1. The van der Waals surface area contributed by atoms with Crippen LogP contribution in [0.5, 0.6) is 5.75 Å². The molecule has 3 rings (SSSR count). The molecule has 0 heterocycles. The number of para-hydroxylation sites is 1. The molecule has 0 atom stereocenters. The minimum Gasteiger partial charge on any atom is -0.496 e. The highest BCUT2D eigenvalue weighted by atomic mass is 16.6. The highest BCUT2D eigenvalue weighted by Gasteiger charge is 2.38. The van der Waals surface area contributed by atoms with Gasteiger partial charge in [-0.05, 0) is 31.9 Å². The lowest BCUT2D eigenvalue weighted by molar-refractivity contribution is -0.385. The normalized spacial score (nSPS) is 15.3. The van der Waals surface area contributed by atoms with Crippen LogP contribution in [0.2, 0.25) is 0 Å². The minimum absolute atomic E-state index is 0.0389. The zero-order valence-corrected chi connectivity index (χ0v) is 15.7. The molecule has 1 amide bonds. The van der Waals surface area contributed by atoms with Gasteiger partial charge in [-0.15, -0.1) is 0 Å². The molecule has 0 radical (unpaired) electrons. The van der Waals surface area contributed by atoms with Crippen molar-refractivity contribution in [2.45, 2.75) is 38.0 Å². The Labute approximate surface area is 158 Å². The topological polar surface area (TPSA) is 81.5 Å². The molecule has 142 valence electrons. The monoisotopic (exact) mass is 368 g/mol. The van der Waals surface area contributed by atoms with E-state index in [4.69, 9.17) is 4.74 Å². The Kier molecular flexibility index (Phi) is 5.44. The highest BCUT2D eigenvalue weighted by molar-refractivity contribution is 5.96. The van der Waals surface area contributed by atoms with E-state index in [1.807, 2.05) is 18.2 Å². The van der Waals surface area contributed by atoms with Gasteiger partial charge in [0.1, 0.15) is 5.75 Å². The average molecular weight is 368 g/mol. The molecule has 2 aromatic carbocycles. The molecule has 1 fully saturated rings. The van der Waals surface area contributed by atoms with Gasteiger partial charge in [0, 0.05) is 34.7 Å². The molecule has 1 saturated carbocycles. The Balaban J connectivity index is 1.85. The maximum Gasteiger partial charge on any atom is 0.273 e. The maximum absolute atomic E-state index is 12.8. The molecule has 6 heteroatoms. The summed E-state index contributed by atoms with van der Waals surface area (Å²) in [7, 11) is 1.66. The number of amides is 1. The molecule has 0 aromatic heterocycles. The van der Waals surface area contributed by atoms with E-state index in [0.717, 1.165) is 37.0 Å². The Hall–Kier alpha value is -2.89. The number of carbonyl (C=O) groups is 1. The molecule has 0 bridgehead atoms. The van der Waals surface area contributed by atoms with Crippen LogP contribution in [0.4, 0.5) is 5.69 Å². The summed E-state index contributed by atoms with van der Waals surface area (Å²) in [6.45, 7) is 2.09. The lowest BCUT2D eigenvalue weighted by Gasteiger charge is -2.31. The fraction of sp³-hybridized carbons (Fsp3) is 0.381. The smallest absolute Gasteiger partial charge is 0.273 e. The first kappa shape index (κ1) is 18.9. The molecule has 0 spiro atoms. The molecule has 27 heavy (non-hydrogen) atoms. The lowest BCUT2D eigenvalue weighted by atomic mass is 9.78. The third-order valence-corrected chi connectivity index (χ3v) is 5.57. The second-order valence-corrected chi connectivity index (χ2v) is 7.08. The van der Waals surface area contributed by atoms with Gasteiger partial charge in [-0.2, -0.15) is 0 Å². The van der Waals surface area contributed by atoms with Crippen LogP contribution < -0.4 is 10.1 Å². The average Bonchev–Trinajstić information content (AvgIpc) is 3.16. The summed E-state index contributed by atoms with van der Waals surface area (Å²) in [6.07, 6.45) is 4.15. The quantitative estimate of drug-likeness (QED) is 0.613. The molecule has 1 aliphatic rings. The van der Waals surface area contributed by atoms with E-state index < -0.39 is 4.92 Å². The Morgan fingerprint density at radius 1 is 1.19 bits per heavy atom. The van der Waals surface area contributed by atoms with E-state index in [0.29, 0.717) is 17.7 Å². The number of rotatable bonds is 6. The Morgan fingerprint density at radius 3 is 2.56 bits per heavy atom. The van der Waals surface area contributed by atoms with E-state index in [1.54, 1.807) is 26.2 Å². The van der Waals surface area contributed by atoms with Crippen LogP contribution >= 0.6 is 0 Å². The number of nitrogens with zero attached hydrogens (tertiary/aromatic N) is 1. The lowest BCUT2D eigenvalue weighted by Crippen LogP contribution is -2.39. The summed E-state index contributed by atoms with van der Waals surface area (Å²) in [5, 5.41) is 14.2. The summed E-state index contributed by atoms with van der Waals surface area (Å²) in [5.41, 5.74) is 1.64. The van der Waals surface area contributed by atoms with Gasteiger partial charge in [0.15, 0.2) is 0 Å². The second-order valence-electron chi connectivity index (χ2n) is 7.08. The summed E-state index contributed by atoms with van der Waals surface area (Å²) in [6, 6.07) is 12.5. The summed E-state index contributed by atoms with van der Waals surface area (Å²) >= 11 is 0. The van der Waals surface area contributed by atoms with E-state index in [-0.39, 0.29) is 17.0 Å². The predicted octanol–water partition coefficient (Wildman–Crippen LogP) is 4.15. The number of nitro benzene ring substituents is 1. The van der Waals surface area contributed by atoms with E-state index in [1.165, 1.54) is 6.07 Å². The molecule has 1 aliphatic carbocycles. The largest absolute Gasteiger partial charge is 0.496 e. The second kappa shape index (κ2) is 7.78. The van der Waals surface area contributed by atoms with Gasteiger partial charge in [0.25, 0.3) is 11.6 Å². The van der Waals surface area contributed by atoms with Crippen LogP contribution in [0, 0.1) is 17.0 Å². The van der Waals surface area contributed by atoms with Crippen LogP contribution in [0.1, 0.15) is 47.2 Å². The van der Waals surface area contributed by atoms with Gasteiger partial charge in [0.05, 0.1) is 12.0 Å². The van der Waals surface area contributed by atoms with Crippen LogP contribution in [-0.2, 0) is 5.41 Å². The van der Waals surface area contributed by atoms with Crippen molar-refractivity contribution in [1.82, 2.24) is 5.32 Å². The molecule has 0 unspecified atom stereocenters. The van der Waals surface area contributed by atoms with E-state index >= 15 is 0 Å². The van der Waals surface area contributed by atoms with Gasteiger partial charge in [-0.1, -0.05) is 37.1 Å². The maximum atomic E-state index is 12.8. The first-order chi connectivity index (χ1) is 13.0. The number of hydrogen-bond donors (Lipinski definition) is 1. The van der Waals surface area contributed by atoms with Crippen molar-refractivity contribution >= 4 is 11.6 Å². The minimum atomic E-state index is -0.459. The number of nitrogens with one attached hydrogen (secondary N) is 1.